The van der Waals surface area contributed by atoms with Crippen LogP contribution in [0.2, 0.25) is 0 Å². The number of benzene rings is 1. The van der Waals surface area contributed by atoms with Crippen molar-refractivity contribution in [1.82, 2.24) is 9.62 Å². The standard InChI is InChI=1S/C15H21FN2O4S/c1-23(20,21)18(10-12-4-6-13(16)7-5-12)11-15(19)17-9-14-3-2-8-22-14/h4-7,14H,2-3,8-11H2,1H3,(H,17,19). The Morgan fingerprint density at radius 1 is 1.39 bits per heavy atom. The minimum atomic E-state index is -3.56. The average molecular weight is 344 g/mol. The first-order valence-corrected chi connectivity index (χ1v) is 9.27. The van der Waals surface area contributed by atoms with E-state index in [1.54, 1.807) is 0 Å². The Hall–Kier alpha value is -1.51. The molecule has 0 aliphatic carbocycles. The van der Waals surface area contributed by atoms with Crippen LogP contribution >= 0.6 is 0 Å². The van der Waals surface area contributed by atoms with E-state index in [1.165, 1.54) is 24.3 Å². The normalized spacial score (nSPS) is 18.3. The summed E-state index contributed by atoms with van der Waals surface area (Å²) in [4.78, 5) is 12.0. The zero-order valence-corrected chi connectivity index (χ0v) is 13.8. The van der Waals surface area contributed by atoms with E-state index in [0.29, 0.717) is 18.7 Å². The lowest BCUT2D eigenvalue weighted by atomic mass is 10.2. The molecule has 1 amide bonds. The topological polar surface area (TPSA) is 75.7 Å². The van der Waals surface area contributed by atoms with E-state index in [2.05, 4.69) is 5.32 Å². The number of carbonyl (C=O) groups excluding carboxylic acids is 1. The molecular formula is C15H21FN2O4S. The zero-order valence-electron chi connectivity index (χ0n) is 13.0. The first-order valence-electron chi connectivity index (χ1n) is 7.42. The summed E-state index contributed by atoms with van der Waals surface area (Å²) in [5.41, 5.74) is 0.615. The van der Waals surface area contributed by atoms with Crippen LogP contribution in [0.3, 0.4) is 0 Å². The van der Waals surface area contributed by atoms with Crippen molar-refractivity contribution < 1.29 is 22.3 Å². The van der Waals surface area contributed by atoms with Crippen molar-refractivity contribution >= 4 is 15.9 Å². The van der Waals surface area contributed by atoms with Gasteiger partial charge in [-0.3, -0.25) is 4.79 Å². The number of hydrogen-bond donors (Lipinski definition) is 1. The third-order valence-corrected chi connectivity index (χ3v) is 4.81. The molecule has 1 heterocycles. The van der Waals surface area contributed by atoms with Crippen molar-refractivity contribution in [3.63, 3.8) is 0 Å². The van der Waals surface area contributed by atoms with Crippen molar-refractivity contribution in [2.45, 2.75) is 25.5 Å². The molecule has 1 aromatic carbocycles. The summed E-state index contributed by atoms with van der Waals surface area (Å²) in [7, 11) is -3.56. The number of nitrogens with zero attached hydrogens (tertiary/aromatic N) is 1. The van der Waals surface area contributed by atoms with Gasteiger partial charge in [0.25, 0.3) is 0 Å². The second kappa shape index (κ2) is 7.85. The third-order valence-electron chi connectivity index (χ3n) is 3.61. The molecule has 8 heteroatoms. The molecule has 0 bridgehead atoms. The molecule has 1 unspecified atom stereocenters. The van der Waals surface area contributed by atoms with Crippen LogP contribution in [0.4, 0.5) is 4.39 Å². The summed E-state index contributed by atoms with van der Waals surface area (Å²) >= 11 is 0. The molecule has 0 saturated carbocycles. The lowest BCUT2D eigenvalue weighted by Crippen LogP contribution is -2.42. The molecule has 6 nitrogen and oxygen atoms in total. The highest BCUT2D eigenvalue weighted by Gasteiger charge is 2.22. The van der Waals surface area contributed by atoms with Crippen LogP contribution in [-0.2, 0) is 26.1 Å². The molecule has 128 valence electrons. The summed E-state index contributed by atoms with van der Waals surface area (Å²) < 4.78 is 43.1. The van der Waals surface area contributed by atoms with Gasteiger partial charge in [0.1, 0.15) is 5.82 Å². The van der Waals surface area contributed by atoms with Gasteiger partial charge in [-0.15, -0.1) is 0 Å². The Labute approximate surface area is 135 Å². The van der Waals surface area contributed by atoms with Gasteiger partial charge in [-0.2, -0.15) is 4.31 Å². The molecule has 1 N–H and O–H groups in total. The van der Waals surface area contributed by atoms with Crippen LogP contribution in [0.25, 0.3) is 0 Å². The van der Waals surface area contributed by atoms with Crippen molar-refractivity contribution in [3.05, 3.63) is 35.6 Å². The van der Waals surface area contributed by atoms with Gasteiger partial charge in [0.2, 0.25) is 15.9 Å². The molecule has 23 heavy (non-hydrogen) atoms. The number of amides is 1. The molecule has 1 aliphatic heterocycles. The Kier molecular flexibility index (Phi) is 6.09. The van der Waals surface area contributed by atoms with Gasteiger partial charge in [0.15, 0.2) is 0 Å². The molecule has 1 atom stereocenters. The van der Waals surface area contributed by atoms with E-state index in [4.69, 9.17) is 4.74 Å². The number of carbonyl (C=O) groups is 1. The predicted octanol–water partition coefficient (Wildman–Crippen LogP) is 0.882. The molecule has 1 fully saturated rings. The number of rotatable bonds is 7. The van der Waals surface area contributed by atoms with Crippen LogP contribution in [0.1, 0.15) is 18.4 Å². The Morgan fingerprint density at radius 3 is 2.65 bits per heavy atom. The zero-order chi connectivity index (χ0) is 16.9. The summed E-state index contributed by atoms with van der Waals surface area (Å²) in [6, 6.07) is 5.51. The van der Waals surface area contributed by atoms with Gasteiger partial charge >= 0.3 is 0 Å². The van der Waals surface area contributed by atoms with Gasteiger partial charge < -0.3 is 10.1 Å². The monoisotopic (exact) mass is 344 g/mol. The molecule has 1 aliphatic rings. The highest BCUT2D eigenvalue weighted by Crippen LogP contribution is 2.11. The third kappa shape index (κ3) is 5.89. The molecule has 1 aromatic rings. The smallest absolute Gasteiger partial charge is 0.235 e. The summed E-state index contributed by atoms with van der Waals surface area (Å²) in [6.07, 6.45) is 2.92. The van der Waals surface area contributed by atoms with E-state index >= 15 is 0 Å². The molecule has 0 spiro atoms. The lowest BCUT2D eigenvalue weighted by Gasteiger charge is -2.20. The Bertz CT molecular complexity index is 627. The number of sulfonamides is 1. The molecule has 1 saturated heterocycles. The van der Waals surface area contributed by atoms with Gasteiger partial charge in [-0.1, -0.05) is 12.1 Å². The molecular weight excluding hydrogens is 323 g/mol. The quantitative estimate of drug-likeness (QED) is 0.797. The van der Waals surface area contributed by atoms with E-state index in [-0.39, 0.29) is 25.1 Å². The van der Waals surface area contributed by atoms with Gasteiger partial charge in [-0.05, 0) is 30.5 Å². The van der Waals surface area contributed by atoms with Crippen LogP contribution in [0.5, 0.6) is 0 Å². The second-order valence-electron chi connectivity index (χ2n) is 5.60. The highest BCUT2D eigenvalue weighted by molar-refractivity contribution is 7.88. The maximum Gasteiger partial charge on any atom is 0.235 e. The van der Waals surface area contributed by atoms with E-state index in [9.17, 15) is 17.6 Å². The average Bonchev–Trinajstić information content (AvgIpc) is 2.99. The number of halogens is 1. The van der Waals surface area contributed by atoms with Crippen LogP contribution in [0.15, 0.2) is 24.3 Å². The summed E-state index contributed by atoms with van der Waals surface area (Å²) in [6.45, 7) is 0.822. The maximum atomic E-state index is 12.9. The number of nitrogens with one attached hydrogen (secondary N) is 1. The molecule has 0 aromatic heterocycles. The van der Waals surface area contributed by atoms with E-state index in [1.807, 2.05) is 0 Å². The first kappa shape index (κ1) is 17.8. The van der Waals surface area contributed by atoms with Crippen LogP contribution < -0.4 is 5.32 Å². The van der Waals surface area contributed by atoms with Gasteiger partial charge in [0.05, 0.1) is 18.9 Å². The van der Waals surface area contributed by atoms with Gasteiger partial charge in [0, 0.05) is 19.7 Å². The van der Waals surface area contributed by atoms with Crippen LogP contribution in [-0.4, -0.2) is 50.7 Å². The minimum absolute atomic E-state index is 0.00253. The number of ether oxygens (including phenoxy) is 1. The fourth-order valence-corrected chi connectivity index (χ4v) is 3.07. The highest BCUT2D eigenvalue weighted by atomic mass is 32.2. The lowest BCUT2D eigenvalue weighted by molar-refractivity contribution is -0.121. The summed E-state index contributed by atoms with van der Waals surface area (Å²) in [5, 5.41) is 2.69. The van der Waals surface area contributed by atoms with Crippen molar-refractivity contribution in [2.75, 3.05) is 26.0 Å². The number of hydrogen-bond acceptors (Lipinski definition) is 4. The second-order valence-corrected chi connectivity index (χ2v) is 7.58. The van der Waals surface area contributed by atoms with Gasteiger partial charge in [-0.25, -0.2) is 12.8 Å². The van der Waals surface area contributed by atoms with Crippen molar-refractivity contribution in [2.24, 2.45) is 0 Å². The molecule has 2 rings (SSSR count). The van der Waals surface area contributed by atoms with E-state index in [0.717, 1.165) is 23.4 Å². The molecule has 0 radical (unpaired) electrons. The Balaban J connectivity index is 1.92. The Morgan fingerprint density at radius 2 is 2.09 bits per heavy atom. The fraction of sp³-hybridized carbons (Fsp3) is 0.533. The first-order chi connectivity index (χ1) is 10.8. The summed E-state index contributed by atoms with van der Waals surface area (Å²) in [5.74, 6) is -0.776. The van der Waals surface area contributed by atoms with E-state index < -0.39 is 15.8 Å². The van der Waals surface area contributed by atoms with Crippen LogP contribution in [0, 0.1) is 5.82 Å². The fourth-order valence-electron chi connectivity index (χ4n) is 2.33. The minimum Gasteiger partial charge on any atom is -0.376 e. The SMILES string of the molecule is CS(=O)(=O)N(CC(=O)NCC1CCCO1)Cc1ccc(F)cc1. The maximum absolute atomic E-state index is 12.9. The van der Waals surface area contributed by atoms with Crippen molar-refractivity contribution in [1.29, 1.82) is 0 Å². The largest absolute Gasteiger partial charge is 0.376 e. The van der Waals surface area contributed by atoms with Crippen molar-refractivity contribution in [3.8, 4) is 0 Å². The predicted molar refractivity (Wildman–Crippen MR) is 83.6 cm³/mol.